The summed E-state index contributed by atoms with van der Waals surface area (Å²) >= 11 is 0. The van der Waals surface area contributed by atoms with Crippen LogP contribution in [-0.2, 0) is 0 Å². The molecule has 1 heterocycles. The van der Waals surface area contributed by atoms with E-state index in [2.05, 4.69) is 4.98 Å². The van der Waals surface area contributed by atoms with Gasteiger partial charge in [-0.1, -0.05) is 26.8 Å². The highest BCUT2D eigenvalue weighted by atomic mass is 16.6. The zero-order chi connectivity index (χ0) is 14.2. The Kier molecular flexibility index (Phi) is 3.14. The van der Waals surface area contributed by atoms with Crippen LogP contribution in [0.4, 0.5) is 5.69 Å². The summed E-state index contributed by atoms with van der Waals surface area (Å²) in [6, 6.07) is 4.76. The van der Waals surface area contributed by atoms with Gasteiger partial charge in [0.05, 0.1) is 21.4 Å². The minimum atomic E-state index is -0.529. The quantitative estimate of drug-likeness (QED) is 0.517. The molecule has 0 spiro atoms. The van der Waals surface area contributed by atoms with Crippen molar-refractivity contribution in [1.29, 1.82) is 0 Å². The number of nitrogens with zero attached hydrogens (tertiary/aromatic N) is 1. The van der Waals surface area contributed by atoms with Crippen LogP contribution in [-0.4, -0.2) is 15.7 Å². The number of non-ortho nitro benzene ring substituents is 1. The van der Waals surface area contributed by atoms with Gasteiger partial charge < -0.3 is 4.98 Å². The van der Waals surface area contributed by atoms with Crippen molar-refractivity contribution < 1.29 is 9.72 Å². The van der Waals surface area contributed by atoms with E-state index in [1.54, 1.807) is 18.3 Å². The smallest absolute Gasteiger partial charge is 0.279 e. The molecule has 0 aliphatic rings. The second-order valence-electron chi connectivity index (χ2n) is 5.23. The van der Waals surface area contributed by atoms with Crippen LogP contribution >= 0.6 is 0 Å². The van der Waals surface area contributed by atoms with Crippen LogP contribution in [0.2, 0.25) is 0 Å². The summed E-state index contributed by atoms with van der Waals surface area (Å²) in [7, 11) is 0. The lowest BCUT2D eigenvalue weighted by Crippen LogP contribution is -2.23. The highest BCUT2D eigenvalue weighted by molar-refractivity contribution is 6.12. The van der Waals surface area contributed by atoms with E-state index in [1.165, 1.54) is 6.07 Å². The van der Waals surface area contributed by atoms with E-state index in [1.807, 2.05) is 20.8 Å². The highest BCUT2D eigenvalue weighted by Gasteiger charge is 2.30. The molecule has 5 heteroatoms. The van der Waals surface area contributed by atoms with Crippen LogP contribution in [0.1, 0.15) is 37.6 Å². The second kappa shape index (κ2) is 4.50. The maximum absolute atomic E-state index is 12.5. The van der Waals surface area contributed by atoms with Gasteiger partial charge in [-0.25, -0.2) is 0 Å². The fourth-order valence-electron chi connectivity index (χ4n) is 2.02. The van der Waals surface area contributed by atoms with Gasteiger partial charge in [-0.2, -0.15) is 0 Å². The Balaban J connectivity index is 2.69. The number of nitrogens with one attached hydrogen (secondary N) is 1. The number of rotatable bonds is 4. The number of Topliss-reactive ketones (excluding diaryl/α,β-unsaturated/α-hetero) is 1. The summed E-state index contributed by atoms with van der Waals surface area (Å²) in [6.07, 6.45) is 2.25. The third-order valence-corrected chi connectivity index (χ3v) is 3.62. The third-order valence-electron chi connectivity index (χ3n) is 3.62. The first-order chi connectivity index (χ1) is 8.88. The molecule has 0 saturated heterocycles. The molecular formula is C14H16N2O3. The van der Waals surface area contributed by atoms with Crippen LogP contribution in [0.15, 0.2) is 24.4 Å². The predicted molar refractivity (Wildman–Crippen MR) is 73.4 cm³/mol. The van der Waals surface area contributed by atoms with Crippen molar-refractivity contribution in [3.63, 3.8) is 0 Å². The number of benzene rings is 1. The Bertz CT molecular complexity index is 656. The molecule has 100 valence electrons. The summed E-state index contributed by atoms with van der Waals surface area (Å²) in [5.74, 6) is -0.0736. The molecule has 1 aromatic carbocycles. The highest BCUT2D eigenvalue weighted by Crippen LogP contribution is 2.33. The van der Waals surface area contributed by atoms with Crippen molar-refractivity contribution in [2.24, 2.45) is 5.41 Å². The molecule has 0 amide bonds. The number of hydrogen-bond acceptors (Lipinski definition) is 3. The molecular weight excluding hydrogens is 244 g/mol. The number of carbonyl (C=O) groups excluding carboxylic acids is 1. The fraction of sp³-hybridized carbons (Fsp3) is 0.357. The Morgan fingerprint density at radius 2 is 2.11 bits per heavy atom. The van der Waals surface area contributed by atoms with E-state index in [0.717, 1.165) is 0 Å². The van der Waals surface area contributed by atoms with E-state index < -0.39 is 10.3 Å². The monoisotopic (exact) mass is 260 g/mol. The molecule has 0 unspecified atom stereocenters. The molecule has 0 radical (unpaired) electrons. The largest absolute Gasteiger partial charge is 0.360 e. The lowest BCUT2D eigenvalue weighted by Gasteiger charge is -2.20. The molecule has 0 aliphatic carbocycles. The van der Waals surface area contributed by atoms with Gasteiger partial charge in [0.2, 0.25) is 0 Å². The van der Waals surface area contributed by atoms with Gasteiger partial charge in [-0.3, -0.25) is 14.9 Å². The number of carbonyl (C=O) groups is 1. The molecule has 0 atom stereocenters. The van der Waals surface area contributed by atoms with Crippen LogP contribution in [0.5, 0.6) is 0 Å². The van der Waals surface area contributed by atoms with Gasteiger partial charge in [-0.15, -0.1) is 0 Å². The van der Waals surface area contributed by atoms with E-state index in [9.17, 15) is 14.9 Å². The number of nitro benzene ring substituents is 1. The van der Waals surface area contributed by atoms with Crippen molar-refractivity contribution in [2.45, 2.75) is 27.2 Å². The number of fused-ring (bicyclic) bond motifs is 1. The molecule has 0 bridgehead atoms. The molecule has 19 heavy (non-hydrogen) atoms. The summed E-state index contributed by atoms with van der Waals surface area (Å²) in [4.78, 5) is 26.1. The van der Waals surface area contributed by atoms with E-state index in [4.69, 9.17) is 0 Å². The molecule has 5 nitrogen and oxygen atoms in total. The molecule has 0 aliphatic heterocycles. The zero-order valence-corrected chi connectivity index (χ0v) is 11.2. The number of hydrogen-bond donors (Lipinski definition) is 1. The van der Waals surface area contributed by atoms with Gasteiger partial charge in [0.15, 0.2) is 5.78 Å². The molecule has 1 N–H and O–H groups in total. The number of H-pyrrole nitrogens is 1. The SMILES string of the molecule is CCC(C)(C)C(=O)c1c[nH]c2cccc([N+](=O)[O-])c12. The van der Waals surface area contributed by atoms with Crippen molar-refractivity contribution in [2.75, 3.05) is 0 Å². The van der Waals surface area contributed by atoms with Crippen molar-refractivity contribution in [1.82, 2.24) is 4.98 Å². The Morgan fingerprint density at radius 1 is 1.42 bits per heavy atom. The van der Waals surface area contributed by atoms with E-state index in [0.29, 0.717) is 22.9 Å². The minimum Gasteiger partial charge on any atom is -0.360 e. The van der Waals surface area contributed by atoms with Crippen LogP contribution in [0.3, 0.4) is 0 Å². The zero-order valence-electron chi connectivity index (χ0n) is 11.2. The van der Waals surface area contributed by atoms with E-state index >= 15 is 0 Å². The summed E-state index contributed by atoms with van der Waals surface area (Å²) in [5.41, 5.74) is 0.450. The van der Waals surface area contributed by atoms with Crippen LogP contribution in [0.25, 0.3) is 10.9 Å². The first-order valence-corrected chi connectivity index (χ1v) is 6.17. The molecule has 2 rings (SSSR count). The van der Waals surface area contributed by atoms with Crippen LogP contribution < -0.4 is 0 Å². The number of aromatic amines is 1. The first kappa shape index (κ1) is 13.3. The third kappa shape index (κ3) is 2.12. The minimum absolute atomic E-state index is 0.0333. The lowest BCUT2D eigenvalue weighted by molar-refractivity contribution is -0.383. The maximum Gasteiger partial charge on any atom is 0.279 e. The summed E-state index contributed by atoms with van der Waals surface area (Å²) in [5, 5.41) is 11.5. The van der Waals surface area contributed by atoms with Crippen molar-refractivity contribution in [3.05, 3.63) is 40.1 Å². The van der Waals surface area contributed by atoms with Gasteiger partial charge in [0.25, 0.3) is 5.69 Å². The molecule has 0 saturated carbocycles. The van der Waals surface area contributed by atoms with Gasteiger partial charge in [0.1, 0.15) is 0 Å². The topological polar surface area (TPSA) is 76.0 Å². The number of ketones is 1. The predicted octanol–water partition coefficient (Wildman–Crippen LogP) is 3.70. The van der Waals surface area contributed by atoms with Crippen molar-refractivity contribution >= 4 is 22.4 Å². The van der Waals surface area contributed by atoms with Gasteiger partial charge >= 0.3 is 0 Å². The fourth-order valence-corrected chi connectivity index (χ4v) is 2.02. The Hall–Kier alpha value is -2.17. The molecule has 0 fully saturated rings. The Morgan fingerprint density at radius 3 is 2.68 bits per heavy atom. The maximum atomic E-state index is 12.5. The summed E-state index contributed by atoms with van der Waals surface area (Å²) < 4.78 is 0. The average Bonchev–Trinajstić information content (AvgIpc) is 2.81. The average molecular weight is 260 g/mol. The Labute approximate surface area is 110 Å². The first-order valence-electron chi connectivity index (χ1n) is 6.17. The number of aromatic nitrogens is 1. The van der Waals surface area contributed by atoms with E-state index in [-0.39, 0.29) is 11.5 Å². The van der Waals surface area contributed by atoms with Gasteiger partial charge in [-0.05, 0) is 12.5 Å². The second-order valence-corrected chi connectivity index (χ2v) is 5.23. The normalized spacial score (nSPS) is 11.7. The number of nitro groups is 1. The van der Waals surface area contributed by atoms with Gasteiger partial charge in [0, 0.05) is 17.7 Å². The molecule has 1 aromatic heterocycles. The summed E-state index contributed by atoms with van der Waals surface area (Å²) in [6.45, 7) is 5.63. The van der Waals surface area contributed by atoms with Crippen molar-refractivity contribution in [3.8, 4) is 0 Å². The standard InChI is InChI=1S/C14H16N2O3/c1-4-14(2,3)13(17)9-8-15-10-6-5-7-11(12(9)10)16(18)19/h5-8,15H,4H2,1-3H3. The lowest BCUT2D eigenvalue weighted by atomic mass is 9.82. The van der Waals surface area contributed by atoms with Crippen LogP contribution in [0, 0.1) is 15.5 Å². The molecule has 2 aromatic rings.